The quantitative estimate of drug-likeness (QED) is 0.210. The molecule has 2 N–H and O–H groups in total. The zero-order chi connectivity index (χ0) is 40.4. The zero-order valence-electron chi connectivity index (χ0n) is 32.2. The molecule has 0 aromatic rings. The largest absolute Gasteiger partial charge is 0.456 e. The van der Waals surface area contributed by atoms with Crippen LogP contribution in [0, 0.1) is 40.9 Å². The van der Waals surface area contributed by atoms with Crippen LogP contribution in [0.25, 0.3) is 0 Å². The maximum Gasteiger partial charge on any atom is 0.449 e. The third-order valence-electron chi connectivity index (χ3n) is 14.0. The number of carbonyl (C=O) groups is 2. The van der Waals surface area contributed by atoms with Gasteiger partial charge in [-0.15, -0.1) is 0 Å². The summed E-state index contributed by atoms with van der Waals surface area (Å²) in [6.45, 7) is 8.95. The third kappa shape index (κ3) is 6.25. The van der Waals surface area contributed by atoms with E-state index in [2.05, 4.69) is 10.6 Å². The van der Waals surface area contributed by atoms with Crippen molar-refractivity contribution < 1.29 is 74.4 Å². The van der Waals surface area contributed by atoms with Crippen molar-refractivity contribution in [3.63, 3.8) is 0 Å². The third-order valence-corrected chi connectivity index (χ3v) is 14.0. The molecule has 0 aromatic heterocycles. The van der Waals surface area contributed by atoms with Gasteiger partial charge in [0.2, 0.25) is 47.5 Å². The van der Waals surface area contributed by atoms with Crippen molar-refractivity contribution in [1.29, 1.82) is 0 Å². The lowest BCUT2D eigenvalue weighted by Crippen LogP contribution is -2.67. The lowest BCUT2D eigenvalue weighted by atomic mass is 9.59. The van der Waals surface area contributed by atoms with E-state index in [1.54, 1.807) is 13.8 Å². The Bertz CT molecular complexity index is 1700. The van der Waals surface area contributed by atoms with Gasteiger partial charge < -0.3 is 29.6 Å². The van der Waals surface area contributed by atoms with Gasteiger partial charge in [-0.05, 0) is 64.2 Å². The van der Waals surface area contributed by atoms with Crippen molar-refractivity contribution in [2.24, 2.45) is 40.9 Å². The fourth-order valence-corrected chi connectivity index (χ4v) is 11.0. The van der Waals surface area contributed by atoms with Crippen LogP contribution >= 0.6 is 0 Å². The summed E-state index contributed by atoms with van der Waals surface area (Å²) in [5.74, 6) is -8.69. The van der Waals surface area contributed by atoms with Gasteiger partial charge in [-0.1, -0.05) is 27.7 Å². The molecule has 4 bridgehead atoms. The van der Waals surface area contributed by atoms with E-state index >= 15 is 0 Å². The van der Waals surface area contributed by atoms with Gasteiger partial charge in [0.15, 0.2) is 11.2 Å². The van der Waals surface area contributed by atoms with Crippen molar-refractivity contribution in [1.82, 2.24) is 10.6 Å². The van der Waals surface area contributed by atoms with Crippen molar-refractivity contribution >= 4 is 11.8 Å². The Hall–Kier alpha value is -2.64. The fraction of sp³-hybridized carbons (Fsp3) is 0.842. The van der Waals surface area contributed by atoms with Crippen LogP contribution in [-0.2, 0) is 48.1 Å². The minimum Gasteiger partial charge on any atom is -0.456 e. The van der Waals surface area contributed by atoms with E-state index in [4.69, 9.17) is 38.5 Å². The molecule has 12 nitrogen and oxygen atoms in total. The second-order valence-corrected chi connectivity index (χ2v) is 18.2. The second kappa shape index (κ2) is 13.2. The van der Waals surface area contributed by atoms with Crippen molar-refractivity contribution in [2.75, 3.05) is 13.1 Å². The van der Waals surface area contributed by atoms with E-state index in [-0.39, 0.29) is 34.8 Å². The first-order valence-electron chi connectivity index (χ1n) is 19.6. The molecular weight excluding hydrogens is 758 g/mol. The van der Waals surface area contributed by atoms with Gasteiger partial charge in [0, 0.05) is 67.2 Å². The number of nitrogens with one attached hydrogen (secondary N) is 2. The van der Waals surface area contributed by atoms with Crippen LogP contribution in [0.1, 0.15) is 99.3 Å². The van der Waals surface area contributed by atoms with Crippen LogP contribution in [0.5, 0.6) is 0 Å². The van der Waals surface area contributed by atoms with Crippen LogP contribution in [0.2, 0.25) is 0 Å². The average molecular weight is 809 g/mol. The average Bonchev–Trinajstić information content (AvgIpc) is 3.48. The van der Waals surface area contributed by atoms with Crippen molar-refractivity contribution in [3.8, 4) is 0 Å². The van der Waals surface area contributed by atoms with Gasteiger partial charge in [0.25, 0.3) is 0 Å². The summed E-state index contributed by atoms with van der Waals surface area (Å²) < 4.78 is 111. The number of alkyl halides is 6. The van der Waals surface area contributed by atoms with Crippen molar-refractivity contribution in [2.45, 2.75) is 147 Å². The Morgan fingerprint density at radius 2 is 1.09 bits per heavy atom. The van der Waals surface area contributed by atoms with Crippen molar-refractivity contribution in [3.05, 3.63) is 22.7 Å². The lowest BCUT2D eigenvalue weighted by Gasteiger charge is -2.57. The smallest absolute Gasteiger partial charge is 0.449 e. The Morgan fingerprint density at radius 3 is 1.52 bits per heavy atom. The van der Waals surface area contributed by atoms with E-state index in [0.717, 1.165) is 0 Å². The predicted molar refractivity (Wildman–Crippen MR) is 178 cm³/mol. The summed E-state index contributed by atoms with van der Waals surface area (Å²) in [5, 5.41) is 5.15. The molecule has 0 radical (unpaired) electrons. The van der Waals surface area contributed by atoms with Gasteiger partial charge in [-0.2, -0.15) is 26.3 Å². The summed E-state index contributed by atoms with van der Waals surface area (Å²) in [7, 11) is 0. The maximum atomic E-state index is 14.7. The van der Waals surface area contributed by atoms with Gasteiger partial charge in [-0.3, -0.25) is 9.59 Å². The van der Waals surface area contributed by atoms with Crippen LogP contribution in [0.15, 0.2) is 22.7 Å². The fourth-order valence-electron chi connectivity index (χ4n) is 11.0. The van der Waals surface area contributed by atoms with E-state index in [1.807, 2.05) is 13.8 Å². The maximum absolute atomic E-state index is 14.7. The molecule has 2 aliphatic carbocycles. The number of halogens is 6. The van der Waals surface area contributed by atoms with Crippen LogP contribution in [0.3, 0.4) is 0 Å². The van der Waals surface area contributed by atoms with Gasteiger partial charge >= 0.3 is 12.4 Å². The molecule has 8 aliphatic heterocycles. The van der Waals surface area contributed by atoms with Gasteiger partial charge in [-0.25, -0.2) is 19.6 Å². The molecule has 6 saturated heterocycles. The highest BCUT2D eigenvalue weighted by atomic mass is 19.4. The number of allylic oxidation sites excluding steroid dienone is 2. The highest BCUT2D eigenvalue weighted by molar-refractivity contribution is 5.88. The summed E-state index contributed by atoms with van der Waals surface area (Å²) in [5.41, 5.74) is -4.67. The monoisotopic (exact) mass is 808 g/mol. The van der Waals surface area contributed by atoms with E-state index in [0.29, 0.717) is 51.4 Å². The molecule has 10 aliphatic rings. The van der Waals surface area contributed by atoms with Crippen LogP contribution < -0.4 is 10.6 Å². The Kier molecular flexibility index (Phi) is 9.45. The summed E-state index contributed by atoms with van der Waals surface area (Å²) in [6, 6.07) is 0. The highest BCUT2D eigenvalue weighted by Crippen LogP contribution is 2.63. The number of hydrogen-bond acceptors (Lipinski definition) is 10. The second-order valence-electron chi connectivity index (χ2n) is 18.2. The van der Waals surface area contributed by atoms with E-state index < -0.39 is 108 Å². The minimum atomic E-state index is -4.92. The first-order chi connectivity index (χ1) is 26.0. The van der Waals surface area contributed by atoms with Crippen LogP contribution in [0.4, 0.5) is 26.3 Å². The zero-order valence-corrected chi connectivity index (χ0v) is 32.2. The first-order valence-corrected chi connectivity index (χ1v) is 19.6. The van der Waals surface area contributed by atoms with Gasteiger partial charge in [0.05, 0.1) is 5.41 Å². The van der Waals surface area contributed by atoms with E-state index in [1.165, 1.54) is 13.8 Å². The number of hydrogen-bond donors (Lipinski definition) is 2. The molecule has 56 heavy (non-hydrogen) atoms. The number of ether oxygens (including phenoxy) is 4. The Balaban J connectivity index is 0.989. The molecule has 2 spiro atoms. The molecule has 10 rings (SSSR count). The molecule has 2 amide bonds. The molecular formula is C38H50F6N2O10. The van der Waals surface area contributed by atoms with Crippen LogP contribution in [-0.4, -0.2) is 72.6 Å². The summed E-state index contributed by atoms with van der Waals surface area (Å²) in [6.07, 6.45) is -9.40. The Labute approximate surface area is 320 Å². The summed E-state index contributed by atoms with van der Waals surface area (Å²) in [4.78, 5) is 50.5. The normalized spacial score (nSPS) is 43.1. The molecule has 2 unspecified atom stereocenters. The molecule has 2 saturated carbocycles. The summed E-state index contributed by atoms with van der Waals surface area (Å²) >= 11 is 0. The topological polar surface area (TPSA) is 132 Å². The number of rotatable bonds is 7. The molecule has 18 heteroatoms. The van der Waals surface area contributed by atoms with Gasteiger partial charge in [0.1, 0.15) is 0 Å². The number of fused-ring (bicyclic) bond motifs is 4. The molecule has 8 fully saturated rings. The minimum absolute atomic E-state index is 0.0675. The SMILES string of the molecule is C[C@@H]1CC[C@H]2C(CNC(=O)CC(C)(C)C(=O)NCC3=C(C(F)(F)F)O[C@@H]4OC5(C)CC[C@H]6[C@H](C)CC[C@@H]3[C@@]46OO5)=C(C(F)(F)F)O[C@@H]3OC4(C)CC[C@@H]1[C@]32OO4. The standard InChI is InChI=1S/C38H50F6N2O10/c1-18-7-9-24-20(27(37(39,40)41)49-30-35(24)22(18)11-13-33(5,51-30)53-55-35)16-45-26(47)15-32(3,4)29(48)46-17-21-25-10-8-19(2)23-12-14-34(6)52-31(36(23,25)56-54-34)50-28(21)38(42,43)44/h18-19,22-25,30-31H,7-17H2,1-6H3,(H,45,47)(H,46,48)/t18-,19-,22+,23+,24+,25+,30-,31-,33?,34?,35-,36-/m1/s1. The number of amides is 2. The lowest BCUT2D eigenvalue weighted by molar-refractivity contribution is -0.557. The highest BCUT2D eigenvalue weighted by Gasteiger charge is 2.72. The first kappa shape index (κ1) is 40.2. The molecule has 8 heterocycles. The molecule has 314 valence electrons. The molecule has 12 atom stereocenters. The number of carbonyl (C=O) groups excluding carboxylic acids is 2. The van der Waals surface area contributed by atoms with E-state index in [9.17, 15) is 35.9 Å². The Morgan fingerprint density at radius 1 is 0.661 bits per heavy atom. The molecule has 0 aromatic carbocycles. The predicted octanol–water partition coefficient (Wildman–Crippen LogP) is 6.76.